The van der Waals surface area contributed by atoms with Crippen LogP contribution in [0.25, 0.3) is 0 Å². The van der Waals surface area contributed by atoms with E-state index in [0.717, 1.165) is 25.5 Å². The Morgan fingerprint density at radius 3 is 2.53 bits per heavy atom. The van der Waals surface area contributed by atoms with Gasteiger partial charge in [0.05, 0.1) is 5.69 Å². The van der Waals surface area contributed by atoms with Crippen LogP contribution >= 0.6 is 11.6 Å². The van der Waals surface area contributed by atoms with Crippen molar-refractivity contribution < 1.29 is 0 Å². The van der Waals surface area contributed by atoms with Crippen molar-refractivity contribution in [2.45, 2.75) is 33.6 Å². The zero-order chi connectivity index (χ0) is 14.5. The monoisotopic (exact) mass is 287 g/mol. The van der Waals surface area contributed by atoms with Crippen LogP contribution in [0.3, 0.4) is 0 Å². The molecule has 19 heavy (non-hydrogen) atoms. The predicted octanol–water partition coefficient (Wildman–Crippen LogP) is 2.85. The molecular formula is C13H26ClN5. The number of unbranched alkanes of at least 4 members (excludes halogenated alkanes) is 1. The molecule has 0 radical (unpaired) electrons. The van der Waals surface area contributed by atoms with Gasteiger partial charge in [0, 0.05) is 13.1 Å². The molecule has 1 aromatic rings. The number of hydrogen-bond donors (Lipinski definition) is 4. The van der Waals surface area contributed by atoms with Gasteiger partial charge >= 0.3 is 0 Å². The number of rotatable bonds is 8. The number of hydrazine groups is 1. The van der Waals surface area contributed by atoms with Gasteiger partial charge in [-0.1, -0.05) is 38.8 Å². The number of pyridine rings is 1. The first-order valence-corrected chi connectivity index (χ1v) is 7.23. The topological polar surface area (TPSA) is 75.0 Å². The van der Waals surface area contributed by atoms with E-state index < -0.39 is 0 Å². The van der Waals surface area contributed by atoms with E-state index >= 15 is 0 Å². The van der Waals surface area contributed by atoms with Gasteiger partial charge in [-0.2, -0.15) is 0 Å². The molecule has 0 atom stereocenters. The number of nitrogens with two attached hydrogens (primary N) is 1. The van der Waals surface area contributed by atoms with E-state index in [4.69, 9.17) is 17.4 Å². The largest absolute Gasteiger partial charge is 0.369 e. The number of nitrogen functional groups attached to an aromatic ring is 1. The Morgan fingerprint density at radius 1 is 1.21 bits per heavy atom. The summed E-state index contributed by atoms with van der Waals surface area (Å²) in [5, 5.41) is 6.90. The maximum atomic E-state index is 5.90. The van der Waals surface area contributed by atoms with E-state index in [0.29, 0.717) is 10.8 Å². The van der Waals surface area contributed by atoms with Crippen molar-refractivity contribution in [1.29, 1.82) is 0 Å². The standard InChI is InChI=1S/C11H20ClN5.C2H6/c1-2-3-6-14-7-8-15-10-5-4-9(17-13)11(12)16-10;1-2/h4-5,14,17H,2-3,6-8,13H2,1H3,(H,15,16);1-2H3. The van der Waals surface area contributed by atoms with Crippen LogP contribution in [0.1, 0.15) is 33.6 Å². The fourth-order valence-corrected chi connectivity index (χ4v) is 1.55. The summed E-state index contributed by atoms with van der Waals surface area (Å²) in [5.74, 6) is 6.02. The highest BCUT2D eigenvalue weighted by atomic mass is 35.5. The van der Waals surface area contributed by atoms with E-state index in [-0.39, 0.29) is 0 Å². The van der Waals surface area contributed by atoms with Gasteiger partial charge < -0.3 is 16.1 Å². The van der Waals surface area contributed by atoms with Crippen LogP contribution in [0.15, 0.2) is 12.1 Å². The summed E-state index contributed by atoms with van der Waals surface area (Å²) >= 11 is 5.90. The predicted molar refractivity (Wildman–Crippen MR) is 84.7 cm³/mol. The average molecular weight is 288 g/mol. The van der Waals surface area contributed by atoms with E-state index in [2.05, 4.69) is 28.0 Å². The van der Waals surface area contributed by atoms with Crippen LogP contribution < -0.4 is 21.9 Å². The van der Waals surface area contributed by atoms with Crippen molar-refractivity contribution in [2.24, 2.45) is 5.84 Å². The summed E-state index contributed by atoms with van der Waals surface area (Å²) in [6, 6.07) is 3.63. The van der Waals surface area contributed by atoms with Gasteiger partial charge in [-0.05, 0) is 25.1 Å². The minimum Gasteiger partial charge on any atom is -0.369 e. The molecule has 0 amide bonds. The second kappa shape index (κ2) is 12.0. The van der Waals surface area contributed by atoms with Crippen molar-refractivity contribution in [1.82, 2.24) is 10.3 Å². The number of nitrogens with zero attached hydrogens (tertiary/aromatic N) is 1. The Kier molecular flexibility index (Phi) is 11.4. The lowest BCUT2D eigenvalue weighted by atomic mass is 10.3. The van der Waals surface area contributed by atoms with Crippen LogP contribution in [0.5, 0.6) is 0 Å². The number of hydrogen-bond acceptors (Lipinski definition) is 5. The third-order valence-corrected chi connectivity index (χ3v) is 2.61. The third kappa shape index (κ3) is 7.87. The fourth-order valence-electron chi connectivity index (χ4n) is 1.35. The first-order valence-electron chi connectivity index (χ1n) is 6.85. The van der Waals surface area contributed by atoms with E-state index in [1.54, 1.807) is 6.07 Å². The highest BCUT2D eigenvalue weighted by Crippen LogP contribution is 2.19. The molecule has 0 saturated heterocycles. The van der Waals surface area contributed by atoms with Gasteiger partial charge in [0.15, 0.2) is 5.15 Å². The normalized spacial score (nSPS) is 9.53. The van der Waals surface area contributed by atoms with Crippen molar-refractivity contribution >= 4 is 23.1 Å². The molecule has 0 aliphatic heterocycles. The Labute approximate surface area is 121 Å². The molecule has 6 heteroatoms. The molecule has 5 N–H and O–H groups in total. The van der Waals surface area contributed by atoms with Crippen LogP contribution in [0, 0.1) is 0 Å². The molecule has 0 fully saturated rings. The number of nitrogens with one attached hydrogen (secondary N) is 3. The molecule has 0 unspecified atom stereocenters. The molecule has 0 saturated carbocycles. The van der Waals surface area contributed by atoms with Crippen molar-refractivity contribution in [2.75, 3.05) is 30.4 Å². The van der Waals surface area contributed by atoms with Gasteiger partial charge in [0.25, 0.3) is 0 Å². The first-order chi connectivity index (χ1) is 9.27. The second-order valence-electron chi connectivity index (χ2n) is 3.71. The van der Waals surface area contributed by atoms with Crippen LogP contribution in [-0.4, -0.2) is 24.6 Å². The highest BCUT2D eigenvalue weighted by Gasteiger charge is 2.01. The maximum Gasteiger partial charge on any atom is 0.155 e. The minimum atomic E-state index is 0.372. The summed E-state index contributed by atoms with van der Waals surface area (Å²) < 4.78 is 0. The van der Waals surface area contributed by atoms with Crippen molar-refractivity contribution in [3.05, 3.63) is 17.3 Å². The lowest BCUT2D eigenvalue weighted by Gasteiger charge is -2.08. The highest BCUT2D eigenvalue weighted by molar-refractivity contribution is 6.32. The summed E-state index contributed by atoms with van der Waals surface area (Å²) in [6.45, 7) is 8.97. The van der Waals surface area contributed by atoms with Crippen LogP contribution in [0.2, 0.25) is 5.15 Å². The summed E-state index contributed by atoms with van der Waals surface area (Å²) in [4.78, 5) is 4.16. The molecule has 110 valence electrons. The Morgan fingerprint density at radius 2 is 1.95 bits per heavy atom. The average Bonchev–Trinajstić information content (AvgIpc) is 2.45. The van der Waals surface area contributed by atoms with Gasteiger partial charge in [-0.3, -0.25) is 5.84 Å². The number of aromatic nitrogens is 1. The molecule has 0 bridgehead atoms. The Hall–Kier alpha value is -1.04. The molecule has 1 heterocycles. The lowest BCUT2D eigenvalue weighted by Crippen LogP contribution is -2.23. The quantitative estimate of drug-likeness (QED) is 0.256. The molecule has 0 aliphatic rings. The molecule has 0 aliphatic carbocycles. The van der Waals surface area contributed by atoms with E-state index in [1.165, 1.54) is 12.8 Å². The maximum absolute atomic E-state index is 5.90. The zero-order valence-corrected chi connectivity index (χ0v) is 12.8. The second-order valence-corrected chi connectivity index (χ2v) is 4.07. The minimum absolute atomic E-state index is 0.372. The molecular weight excluding hydrogens is 262 g/mol. The van der Waals surface area contributed by atoms with E-state index in [1.807, 2.05) is 19.9 Å². The molecule has 1 aromatic heterocycles. The Bertz CT molecular complexity index is 333. The van der Waals surface area contributed by atoms with Crippen molar-refractivity contribution in [3.8, 4) is 0 Å². The van der Waals surface area contributed by atoms with E-state index in [9.17, 15) is 0 Å². The van der Waals surface area contributed by atoms with Crippen LogP contribution in [-0.2, 0) is 0 Å². The molecule has 0 spiro atoms. The van der Waals surface area contributed by atoms with Gasteiger partial charge in [0.2, 0.25) is 0 Å². The summed E-state index contributed by atoms with van der Waals surface area (Å²) in [6.07, 6.45) is 2.42. The lowest BCUT2D eigenvalue weighted by molar-refractivity contribution is 0.652. The molecule has 1 rings (SSSR count). The number of halogens is 1. The summed E-state index contributed by atoms with van der Waals surface area (Å²) in [5.41, 5.74) is 3.10. The first kappa shape index (κ1) is 18.0. The number of anilines is 2. The SMILES string of the molecule is CC.CCCCNCCNc1ccc(NN)c(Cl)n1. The molecule has 0 aromatic carbocycles. The fraction of sp³-hybridized carbons (Fsp3) is 0.615. The Balaban J connectivity index is 0.00000154. The van der Waals surface area contributed by atoms with Crippen LogP contribution in [0.4, 0.5) is 11.5 Å². The third-order valence-electron chi connectivity index (χ3n) is 2.32. The smallest absolute Gasteiger partial charge is 0.155 e. The summed E-state index contributed by atoms with van der Waals surface area (Å²) in [7, 11) is 0. The molecule has 5 nitrogen and oxygen atoms in total. The van der Waals surface area contributed by atoms with Gasteiger partial charge in [0.1, 0.15) is 5.82 Å². The zero-order valence-electron chi connectivity index (χ0n) is 12.1. The van der Waals surface area contributed by atoms with Crippen molar-refractivity contribution in [3.63, 3.8) is 0 Å². The van der Waals surface area contributed by atoms with Gasteiger partial charge in [-0.15, -0.1) is 0 Å². The van der Waals surface area contributed by atoms with Gasteiger partial charge in [-0.25, -0.2) is 4.98 Å².